The minimum absolute atomic E-state index is 0.213. The first-order chi connectivity index (χ1) is 10.5. The molecule has 9 heteroatoms. The number of halogens is 3. The van der Waals surface area contributed by atoms with Crippen LogP contribution < -0.4 is 5.32 Å². The van der Waals surface area contributed by atoms with E-state index in [1.165, 1.54) is 6.20 Å². The van der Waals surface area contributed by atoms with Crippen molar-refractivity contribution in [1.29, 1.82) is 0 Å². The molecule has 2 amide bonds. The summed E-state index contributed by atoms with van der Waals surface area (Å²) in [5.41, 5.74) is 0.196. The van der Waals surface area contributed by atoms with E-state index in [-0.39, 0.29) is 18.5 Å². The third-order valence-electron chi connectivity index (χ3n) is 3.49. The Bertz CT molecular complexity index is 604. The number of anilines is 1. The Balaban J connectivity index is 1.97. The van der Waals surface area contributed by atoms with Gasteiger partial charge in [-0.05, 0) is 20.8 Å². The van der Waals surface area contributed by atoms with E-state index in [1.54, 1.807) is 10.9 Å². The van der Waals surface area contributed by atoms with Crippen molar-refractivity contribution in [1.82, 2.24) is 14.7 Å². The molecule has 128 valence electrons. The minimum atomic E-state index is -4.46. The molecule has 1 aromatic rings. The molecule has 6 nitrogen and oxygen atoms in total. The molecule has 0 aromatic carbocycles. The molecule has 1 aliphatic rings. The lowest BCUT2D eigenvalue weighted by molar-refractivity contribution is -0.157. The highest BCUT2D eigenvalue weighted by atomic mass is 19.4. The largest absolute Gasteiger partial charge is 0.406 e. The Hall–Kier alpha value is -2.06. The molecule has 1 fully saturated rings. The average molecular weight is 332 g/mol. The summed E-state index contributed by atoms with van der Waals surface area (Å²) in [4.78, 5) is 24.4. The summed E-state index contributed by atoms with van der Waals surface area (Å²) < 4.78 is 38.8. The highest BCUT2D eigenvalue weighted by molar-refractivity contribution is 5.97. The van der Waals surface area contributed by atoms with Gasteiger partial charge in [-0.2, -0.15) is 18.3 Å². The molecule has 0 saturated carbocycles. The van der Waals surface area contributed by atoms with Crippen molar-refractivity contribution in [3.63, 3.8) is 0 Å². The molecule has 23 heavy (non-hydrogen) atoms. The zero-order chi connectivity index (χ0) is 17.4. The number of aromatic nitrogens is 2. The number of rotatable bonds is 3. The van der Waals surface area contributed by atoms with E-state index >= 15 is 0 Å². The molecule has 2 rings (SSSR count). The summed E-state index contributed by atoms with van der Waals surface area (Å²) in [6.07, 6.45) is -1.57. The zero-order valence-corrected chi connectivity index (χ0v) is 13.1. The van der Waals surface area contributed by atoms with Crippen LogP contribution in [0.2, 0.25) is 0 Å². The van der Waals surface area contributed by atoms with Gasteiger partial charge in [-0.25, -0.2) is 0 Å². The number of carbonyl (C=O) groups excluding carboxylic acids is 2. The van der Waals surface area contributed by atoms with Crippen LogP contribution in [0.3, 0.4) is 0 Å². The first kappa shape index (κ1) is 17.3. The van der Waals surface area contributed by atoms with E-state index < -0.39 is 30.5 Å². The molecule has 2 heterocycles. The summed E-state index contributed by atoms with van der Waals surface area (Å²) in [6, 6.07) is 0. The number of hydrogen-bond donors (Lipinski definition) is 1. The van der Waals surface area contributed by atoms with Crippen LogP contribution in [0.4, 0.5) is 18.9 Å². The average Bonchev–Trinajstić information content (AvgIpc) is 2.95. The summed E-state index contributed by atoms with van der Waals surface area (Å²) in [6.45, 7) is 4.28. The predicted molar refractivity (Wildman–Crippen MR) is 76.6 cm³/mol. The van der Waals surface area contributed by atoms with Crippen LogP contribution in [-0.2, 0) is 15.1 Å². The standard InChI is InChI=1S/C14H19F3N4O2/c1-13(2,3)21-7-10(5-18-21)19-12(23)9-4-11(22)20(6-9)8-14(15,16)17/h5,7,9H,4,6,8H2,1-3H3,(H,19,23). The fraction of sp³-hybridized carbons (Fsp3) is 0.643. The van der Waals surface area contributed by atoms with Gasteiger partial charge in [-0.3, -0.25) is 14.3 Å². The van der Waals surface area contributed by atoms with Crippen molar-refractivity contribution >= 4 is 17.5 Å². The monoisotopic (exact) mass is 332 g/mol. The van der Waals surface area contributed by atoms with E-state index in [2.05, 4.69) is 10.4 Å². The molecule has 1 aromatic heterocycles. The Morgan fingerprint density at radius 1 is 1.39 bits per heavy atom. The molecule has 0 aliphatic carbocycles. The second kappa shape index (κ2) is 5.86. The summed E-state index contributed by atoms with van der Waals surface area (Å²) in [5.74, 6) is -1.92. The maximum Gasteiger partial charge on any atom is 0.406 e. The number of likely N-dealkylation sites (tertiary alicyclic amines) is 1. The van der Waals surface area contributed by atoms with Gasteiger partial charge in [0.05, 0.1) is 23.3 Å². The fourth-order valence-corrected chi connectivity index (χ4v) is 2.32. The van der Waals surface area contributed by atoms with E-state index in [4.69, 9.17) is 0 Å². The van der Waals surface area contributed by atoms with Gasteiger partial charge in [-0.15, -0.1) is 0 Å². The Morgan fingerprint density at radius 3 is 2.57 bits per heavy atom. The molecule has 1 N–H and O–H groups in total. The highest BCUT2D eigenvalue weighted by Crippen LogP contribution is 2.25. The van der Waals surface area contributed by atoms with Crippen molar-refractivity contribution in [2.24, 2.45) is 5.92 Å². The van der Waals surface area contributed by atoms with Crippen molar-refractivity contribution in [2.75, 3.05) is 18.4 Å². The lowest BCUT2D eigenvalue weighted by Gasteiger charge is -2.19. The molecule has 1 saturated heterocycles. The van der Waals surface area contributed by atoms with Crippen LogP contribution >= 0.6 is 0 Å². The van der Waals surface area contributed by atoms with Crippen molar-refractivity contribution in [2.45, 2.75) is 38.9 Å². The first-order valence-corrected chi connectivity index (χ1v) is 7.16. The summed E-state index contributed by atoms with van der Waals surface area (Å²) in [7, 11) is 0. The molecule has 1 atom stereocenters. The van der Waals surface area contributed by atoms with Crippen LogP contribution in [0.5, 0.6) is 0 Å². The number of amides is 2. The Morgan fingerprint density at radius 2 is 2.04 bits per heavy atom. The maximum absolute atomic E-state index is 12.4. The molecule has 0 bridgehead atoms. The SMILES string of the molecule is CC(C)(C)n1cc(NC(=O)C2CC(=O)N(CC(F)(F)F)C2)cn1. The third kappa shape index (κ3) is 4.46. The lowest BCUT2D eigenvalue weighted by Crippen LogP contribution is -2.36. The second-order valence-electron chi connectivity index (χ2n) is 6.62. The van der Waals surface area contributed by atoms with Gasteiger partial charge >= 0.3 is 6.18 Å². The Labute approximate surface area is 131 Å². The van der Waals surface area contributed by atoms with Crippen LogP contribution in [0.1, 0.15) is 27.2 Å². The molecule has 0 spiro atoms. The normalized spacial score (nSPS) is 19.3. The van der Waals surface area contributed by atoms with Gasteiger partial charge in [0.25, 0.3) is 0 Å². The number of nitrogens with zero attached hydrogens (tertiary/aromatic N) is 3. The number of hydrogen-bond acceptors (Lipinski definition) is 3. The van der Waals surface area contributed by atoms with Gasteiger partial charge in [0.2, 0.25) is 11.8 Å². The predicted octanol–water partition coefficient (Wildman–Crippen LogP) is 1.99. The van der Waals surface area contributed by atoms with E-state index in [0.717, 1.165) is 0 Å². The van der Waals surface area contributed by atoms with Crippen molar-refractivity contribution in [3.8, 4) is 0 Å². The third-order valence-corrected chi connectivity index (χ3v) is 3.49. The molecular formula is C14H19F3N4O2. The smallest absolute Gasteiger partial charge is 0.333 e. The molecule has 1 unspecified atom stereocenters. The highest BCUT2D eigenvalue weighted by Gasteiger charge is 2.40. The number of alkyl halides is 3. The maximum atomic E-state index is 12.4. The van der Waals surface area contributed by atoms with Crippen LogP contribution in [-0.4, -0.2) is 45.8 Å². The van der Waals surface area contributed by atoms with Crippen molar-refractivity contribution < 1.29 is 22.8 Å². The molecular weight excluding hydrogens is 313 g/mol. The van der Waals surface area contributed by atoms with Crippen LogP contribution in [0.15, 0.2) is 12.4 Å². The van der Waals surface area contributed by atoms with E-state index in [9.17, 15) is 22.8 Å². The van der Waals surface area contributed by atoms with Crippen molar-refractivity contribution in [3.05, 3.63) is 12.4 Å². The second-order valence-corrected chi connectivity index (χ2v) is 6.62. The quantitative estimate of drug-likeness (QED) is 0.920. The van der Waals surface area contributed by atoms with Gasteiger partial charge in [-0.1, -0.05) is 0 Å². The number of nitrogens with one attached hydrogen (secondary N) is 1. The molecule has 1 aliphatic heterocycles. The van der Waals surface area contributed by atoms with Gasteiger partial charge in [0.1, 0.15) is 6.54 Å². The Kier molecular flexibility index (Phi) is 4.41. The van der Waals surface area contributed by atoms with E-state index in [0.29, 0.717) is 10.6 Å². The number of carbonyl (C=O) groups is 2. The van der Waals surface area contributed by atoms with Crippen LogP contribution in [0.25, 0.3) is 0 Å². The van der Waals surface area contributed by atoms with E-state index in [1.807, 2.05) is 20.8 Å². The van der Waals surface area contributed by atoms with Gasteiger partial charge in [0, 0.05) is 19.2 Å². The van der Waals surface area contributed by atoms with Gasteiger partial charge < -0.3 is 10.2 Å². The zero-order valence-electron chi connectivity index (χ0n) is 13.1. The minimum Gasteiger partial charge on any atom is -0.333 e. The summed E-state index contributed by atoms with van der Waals surface area (Å²) in [5, 5.41) is 6.72. The van der Waals surface area contributed by atoms with Gasteiger partial charge in [0.15, 0.2) is 0 Å². The molecule has 0 radical (unpaired) electrons. The van der Waals surface area contributed by atoms with Crippen LogP contribution in [0, 0.1) is 5.92 Å². The first-order valence-electron chi connectivity index (χ1n) is 7.16. The topological polar surface area (TPSA) is 67.2 Å². The fourth-order valence-electron chi connectivity index (χ4n) is 2.32. The summed E-state index contributed by atoms with van der Waals surface area (Å²) >= 11 is 0. The lowest BCUT2D eigenvalue weighted by atomic mass is 10.1.